The van der Waals surface area contributed by atoms with Gasteiger partial charge >= 0.3 is 0 Å². The largest absolute Gasteiger partial charge is 0.398 e. The smallest absolute Gasteiger partial charge is 0.0426 e. The van der Waals surface area contributed by atoms with Crippen LogP contribution < -0.4 is 5.73 Å². The summed E-state index contributed by atoms with van der Waals surface area (Å²) in [5.41, 5.74) is 11.4. The molecule has 2 aromatic rings. The van der Waals surface area contributed by atoms with Crippen molar-refractivity contribution in [2.75, 3.05) is 5.73 Å². The van der Waals surface area contributed by atoms with Crippen LogP contribution in [0.2, 0.25) is 5.02 Å². The fourth-order valence-corrected chi connectivity index (χ4v) is 1.99. The minimum atomic E-state index is 0.673. The normalized spacial score (nSPS) is 10.4. The summed E-state index contributed by atoms with van der Waals surface area (Å²) >= 11 is 5.90. The average Bonchev–Trinajstić information content (AvgIpc) is 2.22. The SMILES string of the molecule is Cc1ccc(C)c(-c2ccc(Cl)cc2N)c1. The van der Waals surface area contributed by atoms with Gasteiger partial charge < -0.3 is 5.73 Å². The molecular formula is C14H14ClN. The summed E-state index contributed by atoms with van der Waals surface area (Å²) in [6, 6.07) is 12.0. The molecule has 2 aromatic carbocycles. The molecule has 0 aliphatic carbocycles. The standard InChI is InChI=1S/C14H14ClN/c1-9-3-4-10(2)13(7-9)12-6-5-11(15)8-14(12)16/h3-8H,16H2,1-2H3. The van der Waals surface area contributed by atoms with E-state index in [9.17, 15) is 0 Å². The van der Waals surface area contributed by atoms with E-state index in [1.807, 2.05) is 12.1 Å². The van der Waals surface area contributed by atoms with E-state index in [1.165, 1.54) is 16.7 Å². The summed E-state index contributed by atoms with van der Waals surface area (Å²) in [7, 11) is 0. The quantitative estimate of drug-likeness (QED) is 0.732. The van der Waals surface area contributed by atoms with Crippen molar-refractivity contribution in [1.29, 1.82) is 0 Å². The minimum absolute atomic E-state index is 0.673. The molecule has 0 amide bonds. The maximum Gasteiger partial charge on any atom is 0.0426 e. The van der Waals surface area contributed by atoms with Gasteiger partial charge in [0.25, 0.3) is 0 Å². The van der Waals surface area contributed by atoms with Crippen molar-refractivity contribution < 1.29 is 0 Å². The van der Waals surface area contributed by atoms with Crippen molar-refractivity contribution in [2.45, 2.75) is 13.8 Å². The second-order valence-corrected chi connectivity index (χ2v) is 4.49. The van der Waals surface area contributed by atoms with E-state index < -0.39 is 0 Å². The summed E-state index contributed by atoms with van der Waals surface area (Å²) in [5, 5.41) is 0.673. The lowest BCUT2D eigenvalue weighted by molar-refractivity contribution is 1.39. The van der Waals surface area contributed by atoms with Crippen LogP contribution in [0, 0.1) is 13.8 Å². The van der Waals surface area contributed by atoms with Gasteiger partial charge in [-0.05, 0) is 37.1 Å². The molecule has 0 radical (unpaired) electrons. The molecule has 0 bridgehead atoms. The van der Waals surface area contributed by atoms with Gasteiger partial charge in [-0.2, -0.15) is 0 Å². The molecule has 0 saturated carbocycles. The van der Waals surface area contributed by atoms with Crippen LogP contribution in [0.1, 0.15) is 11.1 Å². The van der Waals surface area contributed by atoms with E-state index >= 15 is 0 Å². The van der Waals surface area contributed by atoms with E-state index in [2.05, 4.69) is 32.0 Å². The first kappa shape index (κ1) is 11.0. The van der Waals surface area contributed by atoms with Crippen molar-refractivity contribution in [3.63, 3.8) is 0 Å². The summed E-state index contributed by atoms with van der Waals surface area (Å²) < 4.78 is 0. The first-order chi connectivity index (χ1) is 7.58. The zero-order valence-electron chi connectivity index (χ0n) is 9.42. The highest BCUT2D eigenvalue weighted by atomic mass is 35.5. The maximum atomic E-state index is 5.99. The van der Waals surface area contributed by atoms with Crippen LogP contribution >= 0.6 is 11.6 Å². The van der Waals surface area contributed by atoms with Crippen LogP contribution in [-0.4, -0.2) is 0 Å². The average molecular weight is 232 g/mol. The van der Waals surface area contributed by atoms with E-state index in [-0.39, 0.29) is 0 Å². The molecule has 0 unspecified atom stereocenters. The number of anilines is 1. The van der Waals surface area contributed by atoms with Gasteiger partial charge in [-0.15, -0.1) is 0 Å². The number of nitrogens with two attached hydrogens (primary N) is 1. The summed E-state index contributed by atoms with van der Waals surface area (Å²) in [6.45, 7) is 4.16. The Labute approximate surface area is 101 Å². The molecule has 0 atom stereocenters. The highest BCUT2D eigenvalue weighted by Crippen LogP contribution is 2.31. The molecular weight excluding hydrogens is 218 g/mol. The van der Waals surface area contributed by atoms with Crippen LogP contribution in [0.25, 0.3) is 11.1 Å². The molecule has 0 aromatic heterocycles. The van der Waals surface area contributed by atoms with E-state index in [1.54, 1.807) is 6.07 Å². The lowest BCUT2D eigenvalue weighted by Crippen LogP contribution is -1.92. The Balaban J connectivity index is 2.62. The molecule has 0 spiro atoms. The predicted molar refractivity (Wildman–Crippen MR) is 70.8 cm³/mol. The first-order valence-corrected chi connectivity index (χ1v) is 5.58. The Kier molecular flexibility index (Phi) is 2.88. The lowest BCUT2D eigenvalue weighted by Gasteiger charge is -2.10. The van der Waals surface area contributed by atoms with Gasteiger partial charge in [0.15, 0.2) is 0 Å². The fourth-order valence-electron chi connectivity index (χ4n) is 1.80. The number of aryl methyl sites for hydroxylation is 2. The summed E-state index contributed by atoms with van der Waals surface area (Å²) in [5.74, 6) is 0. The molecule has 0 aliphatic heterocycles. The third-order valence-corrected chi connectivity index (χ3v) is 2.93. The third-order valence-electron chi connectivity index (χ3n) is 2.70. The highest BCUT2D eigenvalue weighted by Gasteiger charge is 2.06. The Morgan fingerprint density at radius 1 is 0.938 bits per heavy atom. The molecule has 16 heavy (non-hydrogen) atoms. The van der Waals surface area contributed by atoms with Crippen molar-refractivity contribution in [3.8, 4) is 11.1 Å². The highest BCUT2D eigenvalue weighted by molar-refractivity contribution is 6.31. The van der Waals surface area contributed by atoms with Crippen LogP contribution in [0.4, 0.5) is 5.69 Å². The molecule has 0 heterocycles. The van der Waals surface area contributed by atoms with Crippen LogP contribution in [0.3, 0.4) is 0 Å². The molecule has 82 valence electrons. The van der Waals surface area contributed by atoms with Crippen molar-refractivity contribution >= 4 is 17.3 Å². The van der Waals surface area contributed by atoms with Gasteiger partial charge in [-0.25, -0.2) is 0 Å². The van der Waals surface area contributed by atoms with E-state index in [4.69, 9.17) is 17.3 Å². The van der Waals surface area contributed by atoms with Gasteiger partial charge in [-0.1, -0.05) is 41.4 Å². The predicted octanol–water partition coefficient (Wildman–Crippen LogP) is 4.21. The zero-order valence-corrected chi connectivity index (χ0v) is 10.2. The molecule has 2 N–H and O–H groups in total. The van der Waals surface area contributed by atoms with E-state index in [0.717, 1.165) is 11.3 Å². The second kappa shape index (κ2) is 4.18. The number of hydrogen-bond donors (Lipinski definition) is 1. The molecule has 1 nitrogen and oxygen atoms in total. The van der Waals surface area contributed by atoms with Crippen LogP contribution in [0.15, 0.2) is 36.4 Å². The number of hydrogen-bond acceptors (Lipinski definition) is 1. The van der Waals surface area contributed by atoms with Gasteiger partial charge in [-0.3, -0.25) is 0 Å². The zero-order chi connectivity index (χ0) is 11.7. The number of halogens is 1. The Hall–Kier alpha value is -1.47. The minimum Gasteiger partial charge on any atom is -0.398 e. The van der Waals surface area contributed by atoms with Gasteiger partial charge in [0.05, 0.1) is 0 Å². The Morgan fingerprint density at radius 2 is 1.69 bits per heavy atom. The molecule has 2 heteroatoms. The number of benzene rings is 2. The fraction of sp³-hybridized carbons (Fsp3) is 0.143. The molecule has 0 saturated heterocycles. The maximum absolute atomic E-state index is 5.99. The summed E-state index contributed by atoms with van der Waals surface area (Å²) in [6.07, 6.45) is 0. The monoisotopic (exact) mass is 231 g/mol. The Bertz CT molecular complexity index is 532. The van der Waals surface area contributed by atoms with Gasteiger partial charge in [0.2, 0.25) is 0 Å². The lowest BCUT2D eigenvalue weighted by atomic mass is 9.97. The summed E-state index contributed by atoms with van der Waals surface area (Å²) in [4.78, 5) is 0. The molecule has 0 fully saturated rings. The van der Waals surface area contributed by atoms with Crippen LogP contribution in [-0.2, 0) is 0 Å². The molecule has 0 aliphatic rings. The van der Waals surface area contributed by atoms with Crippen LogP contribution in [0.5, 0.6) is 0 Å². The first-order valence-electron chi connectivity index (χ1n) is 5.20. The van der Waals surface area contributed by atoms with Crippen molar-refractivity contribution in [2.24, 2.45) is 0 Å². The van der Waals surface area contributed by atoms with Crippen molar-refractivity contribution in [3.05, 3.63) is 52.5 Å². The third kappa shape index (κ3) is 2.05. The number of nitrogen functional groups attached to an aromatic ring is 1. The van der Waals surface area contributed by atoms with Crippen molar-refractivity contribution in [1.82, 2.24) is 0 Å². The van der Waals surface area contributed by atoms with E-state index in [0.29, 0.717) is 5.02 Å². The van der Waals surface area contributed by atoms with Gasteiger partial charge in [0.1, 0.15) is 0 Å². The second-order valence-electron chi connectivity index (χ2n) is 4.05. The molecule has 2 rings (SSSR count). The topological polar surface area (TPSA) is 26.0 Å². The Morgan fingerprint density at radius 3 is 2.38 bits per heavy atom. The van der Waals surface area contributed by atoms with Gasteiger partial charge in [0, 0.05) is 16.3 Å². The number of rotatable bonds is 1.